The molecule has 1 aromatic carbocycles. The van der Waals surface area contributed by atoms with E-state index in [4.69, 9.17) is 16.6 Å². The van der Waals surface area contributed by atoms with Crippen LogP contribution < -0.4 is 0 Å². The minimum Gasteiger partial charge on any atom is -0.293 e. The van der Waals surface area contributed by atoms with Crippen LogP contribution in [0.1, 0.15) is 22.6 Å². The van der Waals surface area contributed by atoms with Crippen LogP contribution in [-0.2, 0) is 26.6 Å². The number of hydrogen-bond acceptors (Lipinski definition) is 4. The Morgan fingerprint density at radius 3 is 2.72 bits per heavy atom. The third-order valence-corrected chi connectivity index (χ3v) is 4.92. The van der Waals surface area contributed by atoms with Gasteiger partial charge in [0, 0.05) is 61.1 Å². The van der Waals surface area contributed by atoms with Crippen molar-refractivity contribution in [2.75, 3.05) is 6.54 Å². The summed E-state index contributed by atoms with van der Waals surface area (Å²) < 4.78 is 1.93. The van der Waals surface area contributed by atoms with E-state index in [-0.39, 0.29) is 0 Å². The van der Waals surface area contributed by atoms with E-state index < -0.39 is 0 Å². The summed E-state index contributed by atoms with van der Waals surface area (Å²) in [4.78, 5) is 11.7. The van der Waals surface area contributed by atoms with E-state index >= 15 is 0 Å². The first-order valence-electron chi connectivity index (χ1n) is 8.41. The largest absolute Gasteiger partial charge is 0.293 e. The number of fused-ring (bicyclic) bond motifs is 1. The lowest BCUT2D eigenvalue weighted by atomic mass is 10.1. The van der Waals surface area contributed by atoms with Gasteiger partial charge in [-0.15, -0.1) is 0 Å². The third-order valence-electron chi connectivity index (χ3n) is 4.67. The molecule has 6 heteroatoms. The number of rotatable bonds is 3. The van der Waals surface area contributed by atoms with Crippen molar-refractivity contribution in [3.63, 3.8) is 0 Å². The van der Waals surface area contributed by atoms with Gasteiger partial charge in [0.2, 0.25) is 0 Å². The Morgan fingerprint density at radius 1 is 1.20 bits per heavy atom. The van der Waals surface area contributed by atoms with Gasteiger partial charge in [-0.2, -0.15) is 5.10 Å². The average Bonchev–Trinajstić information content (AvgIpc) is 2.92. The van der Waals surface area contributed by atoms with E-state index in [1.165, 1.54) is 11.3 Å². The Balaban J connectivity index is 1.51. The molecule has 3 heterocycles. The molecule has 0 saturated heterocycles. The summed E-state index contributed by atoms with van der Waals surface area (Å²) in [7, 11) is 1.98. The predicted molar refractivity (Wildman–Crippen MR) is 98.2 cm³/mol. The first kappa shape index (κ1) is 16.2. The van der Waals surface area contributed by atoms with Crippen molar-refractivity contribution in [2.24, 2.45) is 7.05 Å². The molecule has 3 aromatic rings. The maximum atomic E-state index is 5.96. The van der Waals surface area contributed by atoms with Gasteiger partial charge < -0.3 is 0 Å². The van der Waals surface area contributed by atoms with E-state index in [9.17, 15) is 0 Å². The molecule has 4 rings (SSSR count). The molecule has 0 fully saturated rings. The van der Waals surface area contributed by atoms with Crippen LogP contribution >= 0.6 is 11.6 Å². The number of aromatic nitrogens is 4. The fourth-order valence-electron chi connectivity index (χ4n) is 3.19. The zero-order valence-electron chi connectivity index (χ0n) is 14.4. The van der Waals surface area contributed by atoms with Crippen LogP contribution in [0.2, 0.25) is 5.02 Å². The van der Waals surface area contributed by atoms with E-state index in [0.717, 1.165) is 53.9 Å². The molecule has 0 amide bonds. The highest BCUT2D eigenvalue weighted by molar-refractivity contribution is 6.30. The van der Waals surface area contributed by atoms with Crippen LogP contribution in [0.3, 0.4) is 0 Å². The lowest BCUT2D eigenvalue weighted by Gasteiger charge is -2.27. The third kappa shape index (κ3) is 3.43. The maximum Gasteiger partial charge on any atom is 0.159 e. The molecule has 0 aliphatic carbocycles. The Labute approximate surface area is 152 Å². The fraction of sp³-hybridized carbons (Fsp3) is 0.316. The van der Waals surface area contributed by atoms with Gasteiger partial charge in [0.05, 0.1) is 11.4 Å². The highest BCUT2D eigenvalue weighted by Crippen LogP contribution is 2.23. The van der Waals surface area contributed by atoms with E-state index in [0.29, 0.717) is 0 Å². The van der Waals surface area contributed by atoms with Crippen molar-refractivity contribution in [1.82, 2.24) is 24.6 Å². The van der Waals surface area contributed by atoms with Gasteiger partial charge >= 0.3 is 0 Å². The first-order chi connectivity index (χ1) is 12.1. The second-order valence-electron chi connectivity index (χ2n) is 6.53. The van der Waals surface area contributed by atoms with Gasteiger partial charge in [0.25, 0.3) is 0 Å². The molecule has 0 N–H and O–H groups in total. The SMILES string of the molecule is Cc1cc(CN2CCc3nc(-c4ccc(Cl)cc4)ncc3C2)nn1C. The standard InChI is InChI=1S/C19H20ClN5/c1-13-9-17(23-24(13)2)12-25-8-7-18-15(11-25)10-21-19(22-18)14-3-5-16(20)6-4-14/h3-6,9-10H,7-8,11-12H2,1-2H3. The Hall–Kier alpha value is -2.24. The minimum absolute atomic E-state index is 0.724. The molecule has 1 aliphatic rings. The van der Waals surface area contributed by atoms with Crippen LogP contribution in [0.25, 0.3) is 11.4 Å². The maximum absolute atomic E-state index is 5.96. The minimum atomic E-state index is 0.724. The quantitative estimate of drug-likeness (QED) is 0.724. The van der Waals surface area contributed by atoms with Crippen LogP contribution in [0.5, 0.6) is 0 Å². The van der Waals surface area contributed by atoms with Gasteiger partial charge in [-0.25, -0.2) is 9.97 Å². The molecule has 0 atom stereocenters. The number of halogens is 1. The van der Waals surface area contributed by atoms with Gasteiger partial charge in [0.1, 0.15) is 0 Å². The average molecular weight is 354 g/mol. The molecule has 1 aliphatic heterocycles. The molecule has 0 radical (unpaired) electrons. The predicted octanol–water partition coefficient (Wildman–Crippen LogP) is 3.40. The zero-order chi connectivity index (χ0) is 17.4. The van der Waals surface area contributed by atoms with Crippen molar-refractivity contribution >= 4 is 11.6 Å². The summed E-state index contributed by atoms with van der Waals surface area (Å²) in [6.07, 6.45) is 2.90. The summed E-state index contributed by atoms with van der Waals surface area (Å²) in [6, 6.07) is 9.81. The molecule has 128 valence electrons. The van der Waals surface area contributed by atoms with Crippen molar-refractivity contribution in [3.8, 4) is 11.4 Å². The number of benzene rings is 1. The lowest BCUT2D eigenvalue weighted by molar-refractivity contribution is 0.239. The van der Waals surface area contributed by atoms with Crippen LogP contribution in [0, 0.1) is 6.92 Å². The van der Waals surface area contributed by atoms with Gasteiger partial charge in [-0.3, -0.25) is 9.58 Å². The Morgan fingerprint density at radius 2 is 2.00 bits per heavy atom. The van der Waals surface area contributed by atoms with Gasteiger partial charge in [-0.1, -0.05) is 11.6 Å². The summed E-state index contributed by atoms with van der Waals surface area (Å²) in [5, 5.41) is 5.28. The molecular weight excluding hydrogens is 334 g/mol. The topological polar surface area (TPSA) is 46.8 Å². The van der Waals surface area contributed by atoms with Crippen molar-refractivity contribution in [3.05, 3.63) is 64.2 Å². The highest BCUT2D eigenvalue weighted by atomic mass is 35.5. The smallest absolute Gasteiger partial charge is 0.159 e. The van der Waals surface area contributed by atoms with Crippen molar-refractivity contribution in [2.45, 2.75) is 26.4 Å². The summed E-state index contributed by atoms with van der Waals surface area (Å²) in [5.41, 5.74) is 5.65. The van der Waals surface area contributed by atoms with E-state index in [2.05, 4.69) is 28.0 Å². The second-order valence-corrected chi connectivity index (χ2v) is 6.97. The summed E-state index contributed by atoms with van der Waals surface area (Å²) in [6.45, 7) is 4.79. The van der Waals surface area contributed by atoms with Gasteiger partial charge in [-0.05, 0) is 37.3 Å². The fourth-order valence-corrected chi connectivity index (χ4v) is 3.31. The monoisotopic (exact) mass is 353 g/mol. The molecule has 0 spiro atoms. The molecule has 5 nitrogen and oxygen atoms in total. The first-order valence-corrected chi connectivity index (χ1v) is 8.79. The van der Waals surface area contributed by atoms with Crippen molar-refractivity contribution in [1.29, 1.82) is 0 Å². The Kier molecular flexibility index (Phi) is 4.27. The normalized spacial score (nSPS) is 14.5. The van der Waals surface area contributed by atoms with Crippen LogP contribution in [0.4, 0.5) is 0 Å². The zero-order valence-corrected chi connectivity index (χ0v) is 15.2. The highest BCUT2D eigenvalue weighted by Gasteiger charge is 2.19. The van der Waals surface area contributed by atoms with Gasteiger partial charge in [0.15, 0.2) is 5.82 Å². The molecule has 0 bridgehead atoms. The summed E-state index contributed by atoms with van der Waals surface area (Å²) in [5.74, 6) is 0.768. The number of aryl methyl sites for hydroxylation is 2. The lowest BCUT2D eigenvalue weighted by Crippen LogP contribution is -2.31. The molecular formula is C19H20ClN5. The Bertz CT molecular complexity index is 881. The summed E-state index contributed by atoms with van der Waals surface area (Å²) >= 11 is 5.96. The molecule has 0 saturated carbocycles. The van der Waals surface area contributed by atoms with Crippen LogP contribution in [0.15, 0.2) is 36.5 Å². The molecule has 2 aromatic heterocycles. The van der Waals surface area contributed by atoms with E-state index in [1.807, 2.05) is 42.2 Å². The van der Waals surface area contributed by atoms with Crippen LogP contribution in [-0.4, -0.2) is 31.2 Å². The van der Waals surface area contributed by atoms with E-state index in [1.54, 1.807) is 0 Å². The number of hydrogen-bond donors (Lipinski definition) is 0. The second kappa shape index (κ2) is 6.58. The molecule has 0 unspecified atom stereocenters. The number of nitrogens with zero attached hydrogens (tertiary/aromatic N) is 5. The molecule has 25 heavy (non-hydrogen) atoms. The van der Waals surface area contributed by atoms with Crippen molar-refractivity contribution < 1.29 is 0 Å².